The number of rotatable bonds is 0. The van der Waals surface area contributed by atoms with Gasteiger partial charge in [0.2, 0.25) is 0 Å². The molecule has 0 spiro atoms. The van der Waals surface area contributed by atoms with Gasteiger partial charge in [-0.2, -0.15) is 0 Å². The Hall–Kier alpha value is 1.43. The van der Waals surface area contributed by atoms with Gasteiger partial charge in [-0.3, -0.25) is 16.8 Å². The molecule has 0 N–H and O–H groups in total. The molecule has 0 saturated carbocycles. The van der Waals surface area contributed by atoms with Crippen molar-refractivity contribution in [3.05, 3.63) is 0 Å². The molecule has 8 nitrogen and oxygen atoms in total. The maximum absolute atomic E-state index is 8.52. The summed E-state index contributed by atoms with van der Waals surface area (Å²) in [5.41, 5.74) is 0. The third kappa shape index (κ3) is 609. The number of hydrogen-bond donors (Lipinski definition) is 0. The first-order chi connectivity index (χ1) is 4.00. The Morgan fingerprint density at radius 2 is 0.667 bits per heavy atom. The van der Waals surface area contributed by atoms with E-state index in [1.807, 2.05) is 0 Å². The van der Waals surface area contributed by atoms with Crippen LogP contribution in [0.2, 0.25) is 0 Å². The molecule has 0 radical (unpaired) electrons. The smallest absolute Gasteiger partial charge is 0.759 e. The molecule has 0 aromatic carbocycles. The SMILES string of the molecule is O=S(=O)([O-])[O-].O=S(=O)([O-])[O-].[Cd+2].[Mg+2]. The summed E-state index contributed by atoms with van der Waals surface area (Å²) < 4.78 is 68.2. The van der Waals surface area contributed by atoms with Crippen molar-refractivity contribution in [3.8, 4) is 0 Å². The Kier molecular flexibility index (Phi) is 17.5. The molecule has 0 aromatic rings. The third-order valence-electron chi connectivity index (χ3n) is 0. The van der Waals surface area contributed by atoms with Crippen LogP contribution in [0.3, 0.4) is 0 Å². The van der Waals surface area contributed by atoms with Gasteiger partial charge in [0.15, 0.2) is 0 Å². The Balaban J connectivity index is -0.0000000457. The minimum Gasteiger partial charge on any atom is -0.759 e. The Morgan fingerprint density at radius 3 is 0.667 bits per heavy atom. The van der Waals surface area contributed by atoms with E-state index in [-0.39, 0.29) is 50.4 Å². The topological polar surface area (TPSA) is 161 Å². The summed E-state index contributed by atoms with van der Waals surface area (Å²) in [6, 6.07) is 0. The van der Waals surface area contributed by atoms with Gasteiger partial charge in [0, 0.05) is 20.8 Å². The van der Waals surface area contributed by atoms with Crippen LogP contribution in [0, 0.1) is 0 Å². The molecule has 0 saturated heterocycles. The fourth-order valence-corrected chi connectivity index (χ4v) is 0. The largest absolute Gasteiger partial charge is 2.00 e. The summed E-state index contributed by atoms with van der Waals surface area (Å²) in [6.45, 7) is 0. The van der Waals surface area contributed by atoms with E-state index in [1.54, 1.807) is 0 Å². The van der Waals surface area contributed by atoms with Crippen molar-refractivity contribution in [2.45, 2.75) is 0 Å². The Morgan fingerprint density at radius 1 is 0.667 bits per heavy atom. The molecule has 0 aromatic heterocycles. The molecule has 0 bridgehead atoms. The van der Waals surface area contributed by atoms with Crippen LogP contribution in [0.15, 0.2) is 0 Å². The van der Waals surface area contributed by atoms with Crippen molar-refractivity contribution >= 4 is 43.9 Å². The molecular formula is CdMgO8S2. The molecule has 0 fully saturated rings. The van der Waals surface area contributed by atoms with Gasteiger partial charge in [-0.15, -0.1) is 0 Å². The average molecular weight is 329 g/mol. The molecule has 12 heavy (non-hydrogen) atoms. The summed E-state index contributed by atoms with van der Waals surface area (Å²) in [6.07, 6.45) is 0. The zero-order chi connectivity index (χ0) is 9.00. The summed E-state index contributed by atoms with van der Waals surface area (Å²) in [5, 5.41) is 0. The molecule has 0 atom stereocenters. The first-order valence-corrected chi connectivity index (χ1v) is 4.00. The fraction of sp³-hybridized carbons (Fsp3) is 0. The fourth-order valence-electron chi connectivity index (χ4n) is 0. The standard InChI is InChI=1S/Cd.Mg.2H2O4S/c;;2*1-5(2,3)4/h;;2*(H2,1,2,3,4)/q2*+2;;/p-4. The van der Waals surface area contributed by atoms with Crippen molar-refractivity contribution < 1.29 is 62.3 Å². The summed E-state index contributed by atoms with van der Waals surface area (Å²) >= 11 is 0. The van der Waals surface area contributed by atoms with Crippen LogP contribution in [0.5, 0.6) is 0 Å². The van der Waals surface area contributed by atoms with Crippen molar-refractivity contribution in [1.82, 2.24) is 0 Å². The molecule has 0 aliphatic carbocycles. The van der Waals surface area contributed by atoms with E-state index in [9.17, 15) is 0 Å². The second kappa shape index (κ2) is 9.00. The molecule has 0 unspecified atom stereocenters. The van der Waals surface area contributed by atoms with Gasteiger partial charge in [0.25, 0.3) is 0 Å². The van der Waals surface area contributed by atoms with Crippen LogP contribution in [-0.4, -0.2) is 58.1 Å². The van der Waals surface area contributed by atoms with Gasteiger partial charge < -0.3 is 18.2 Å². The normalized spacial score (nSPS) is 9.67. The van der Waals surface area contributed by atoms with Gasteiger partial charge >= 0.3 is 50.4 Å². The average Bonchev–Trinajstić information content (AvgIpc) is 1.12. The maximum Gasteiger partial charge on any atom is 2.00 e. The van der Waals surface area contributed by atoms with E-state index in [4.69, 9.17) is 35.0 Å². The van der Waals surface area contributed by atoms with E-state index in [1.165, 1.54) is 0 Å². The second-order valence-electron chi connectivity index (χ2n) is 0.816. The first-order valence-electron chi connectivity index (χ1n) is 1.33. The number of hydrogen-bond acceptors (Lipinski definition) is 8. The van der Waals surface area contributed by atoms with E-state index in [0.29, 0.717) is 0 Å². The molecule has 0 amide bonds. The molecule has 0 heterocycles. The van der Waals surface area contributed by atoms with Gasteiger partial charge in [0.1, 0.15) is 0 Å². The van der Waals surface area contributed by atoms with Crippen LogP contribution in [-0.2, 0) is 48.1 Å². The minimum atomic E-state index is -5.17. The second-order valence-corrected chi connectivity index (χ2v) is 2.45. The molecule has 0 aliphatic rings. The molecular weight excluding hydrogens is 329 g/mol. The van der Waals surface area contributed by atoms with Gasteiger partial charge in [-0.1, -0.05) is 0 Å². The van der Waals surface area contributed by atoms with Gasteiger partial charge in [0.05, 0.1) is 0 Å². The van der Waals surface area contributed by atoms with Crippen molar-refractivity contribution in [2.24, 2.45) is 0 Å². The van der Waals surface area contributed by atoms with Gasteiger partial charge in [-0.25, -0.2) is 0 Å². The predicted octanol–water partition coefficient (Wildman–Crippen LogP) is -3.06. The zero-order valence-electron chi connectivity index (χ0n) is 5.50. The van der Waals surface area contributed by atoms with Gasteiger partial charge in [-0.05, 0) is 0 Å². The van der Waals surface area contributed by atoms with Crippen molar-refractivity contribution in [1.29, 1.82) is 0 Å². The summed E-state index contributed by atoms with van der Waals surface area (Å²) in [7, 11) is -10.3. The van der Waals surface area contributed by atoms with Crippen LogP contribution in [0.1, 0.15) is 0 Å². The summed E-state index contributed by atoms with van der Waals surface area (Å²) in [4.78, 5) is 0. The summed E-state index contributed by atoms with van der Waals surface area (Å²) in [5.74, 6) is 0. The maximum atomic E-state index is 8.52. The van der Waals surface area contributed by atoms with E-state index < -0.39 is 20.8 Å². The van der Waals surface area contributed by atoms with E-state index >= 15 is 0 Å². The Bertz CT molecular complexity index is 213. The van der Waals surface area contributed by atoms with E-state index in [2.05, 4.69) is 0 Å². The van der Waals surface area contributed by atoms with Crippen molar-refractivity contribution in [2.75, 3.05) is 0 Å². The monoisotopic (exact) mass is 330 g/mol. The van der Waals surface area contributed by atoms with Crippen molar-refractivity contribution in [3.63, 3.8) is 0 Å². The van der Waals surface area contributed by atoms with Crippen LogP contribution < -0.4 is 0 Å². The molecule has 0 aliphatic heterocycles. The van der Waals surface area contributed by atoms with Crippen LogP contribution >= 0.6 is 0 Å². The molecule has 64 valence electrons. The van der Waals surface area contributed by atoms with Crippen LogP contribution in [0.25, 0.3) is 0 Å². The van der Waals surface area contributed by atoms with Crippen LogP contribution in [0.4, 0.5) is 0 Å². The Labute approximate surface area is 105 Å². The molecule has 0 rings (SSSR count). The quantitative estimate of drug-likeness (QED) is 0.257. The molecule has 12 heteroatoms. The predicted molar refractivity (Wildman–Crippen MR) is 26.7 cm³/mol. The minimum absolute atomic E-state index is 0. The zero-order valence-corrected chi connectivity index (χ0v) is 12.6. The first kappa shape index (κ1) is 23.3. The van der Waals surface area contributed by atoms with E-state index in [0.717, 1.165) is 0 Å². The third-order valence-corrected chi connectivity index (χ3v) is 0.